The van der Waals surface area contributed by atoms with E-state index in [1.165, 1.54) is 0 Å². The molecule has 0 aliphatic heterocycles. The zero-order valence-electron chi connectivity index (χ0n) is 7.25. The average molecular weight is 344 g/mol. The van der Waals surface area contributed by atoms with Crippen LogP contribution < -0.4 is 0 Å². The van der Waals surface area contributed by atoms with E-state index in [4.69, 9.17) is 57.5 Å². The minimum atomic E-state index is -4.67. The molecule has 17 heavy (non-hydrogen) atoms. The molecule has 0 atom stereocenters. The fourth-order valence-electron chi connectivity index (χ4n) is 0. The van der Waals surface area contributed by atoms with Crippen molar-refractivity contribution in [1.82, 2.24) is 0 Å². The van der Waals surface area contributed by atoms with Crippen LogP contribution >= 0.6 is 0 Å². The van der Waals surface area contributed by atoms with Crippen LogP contribution in [0.5, 0.6) is 0 Å². The third kappa shape index (κ3) is 498000. The van der Waals surface area contributed by atoms with Crippen LogP contribution in [0.1, 0.15) is 0 Å². The summed E-state index contributed by atoms with van der Waals surface area (Å²) in [5, 5.41) is 0. The molecule has 0 spiro atoms. The van der Waals surface area contributed by atoms with Crippen molar-refractivity contribution in [3.8, 4) is 0 Å². The highest BCUT2D eigenvalue weighted by Gasteiger charge is 1.84. The van der Waals surface area contributed by atoms with E-state index in [0.29, 0.717) is 0 Å². The molecule has 0 heterocycles. The van der Waals surface area contributed by atoms with Gasteiger partial charge < -0.3 is 0 Å². The summed E-state index contributed by atoms with van der Waals surface area (Å²) in [4.78, 5) is 0. The Bertz CT molecular complexity index is 260. The van der Waals surface area contributed by atoms with Crippen molar-refractivity contribution in [3.05, 3.63) is 0 Å². The van der Waals surface area contributed by atoms with E-state index in [0.717, 1.165) is 0 Å². The molecule has 0 aromatic rings. The summed E-state index contributed by atoms with van der Waals surface area (Å²) in [5.41, 5.74) is 0. The second kappa shape index (κ2) is 16.1. The Balaban J connectivity index is -0.0000000667. The molecule has 0 saturated carbocycles. The Kier molecular flexibility index (Phi) is 24.4. The molecule has 8 N–H and O–H groups in total. The Morgan fingerprint density at radius 1 is 0.588 bits per heavy atom. The first-order valence-corrected chi connectivity index (χ1v) is 6.88. The van der Waals surface area contributed by atoms with Gasteiger partial charge in [-0.15, -0.1) is 0 Å². The van der Waals surface area contributed by atoms with Gasteiger partial charge in [-0.25, -0.2) is 0 Å². The molecular formula is H8O13S4. The van der Waals surface area contributed by atoms with Gasteiger partial charge in [-0.1, -0.05) is 0 Å². The van der Waals surface area contributed by atoms with E-state index in [-0.39, 0.29) is 0 Å². The van der Waals surface area contributed by atoms with Crippen molar-refractivity contribution in [3.63, 3.8) is 0 Å². The Morgan fingerprint density at radius 3 is 0.588 bits per heavy atom. The summed E-state index contributed by atoms with van der Waals surface area (Å²) in [7, 11) is -4.67. The lowest BCUT2D eigenvalue weighted by molar-refractivity contribution is 0.380. The lowest BCUT2D eigenvalue weighted by atomic mass is 15.8. The van der Waals surface area contributed by atoms with Gasteiger partial charge >= 0.3 is 10.4 Å². The molecule has 0 aromatic carbocycles. The Labute approximate surface area is 102 Å². The number of hydrogen-bond acceptors (Lipinski definition) is 5. The topological polar surface area (TPSA) is 247 Å². The quantitative estimate of drug-likeness (QED) is 0.182. The molecule has 13 nitrogen and oxygen atoms in total. The molecule has 0 fully saturated rings. The van der Waals surface area contributed by atoms with Gasteiger partial charge in [0.2, 0.25) is 0 Å². The van der Waals surface area contributed by atoms with Crippen LogP contribution in [0.25, 0.3) is 0 Å². The number of rotatable bonds is 0. The van der Waals surface area contributed by atoms with E-state index >= 15 is 0 Å². The summed E-state index contributed by atoms with van der Waals surface area (Å²) >= 11 is -7.83. The van der Waals surface area contributed by atoms with E-state index in [1.807, 2.05) is 0 Å². The second-order valence-electron chi connectivity index (χ2n) is 1.14. The molecular weight excluding hydrogens is 336 g/mol. The van der Waals surface area contributed by atoms with Crippen molar-refractivity contribution in [2.45, 2.75) is 0 Å². The highest BCUT2D eigenvalue weighted by atomic mass is 32.3. The highest BCUT2D eigenvalue weighted by Crippen LogP contribution is 1.59. The predicted octanol–water partition coefficient (Wildman–Crippen LogP) is -1.61. The Morgan fingerprint density at radius 2 is 0.588 bits per heavy atom. The molecule has 0 saturated heterocycles. The van der Waals surface area contributed by atoms with E-state index in [1.54, 1.807) is 0 Å². The van der Waals surface area contributed by atoms with Crippen LogP contribution in [0.15, 0.2) is 0 Å². The highest BCUT2D eigenvalue weighted by molar-refractivity contribution is 7.79. The number of hydrogen-bond donors (Lipinski definition) is 8. The molecule has 0 aliphatic carbocycles. The maximum atomic E-state index is 8.74. The fraction of sp³-hybridized carbons (Fsp3) is 0. The molecule has 0 aromatic heterocycles. The van der Waals surface area contributed by atoms with Crippen molar-refractivity contribution in [2.24, 2.45) is 0 Å². The van der Waals surface area contributed by atoms with Gasteiger partial charge in [0.15, 0.2) is 0 Å². The predicted molar refractivity (Wildman–Crippen MR) is 54.4 cm³/mol. The average Bonchev–Trinajstić information content (AvgIpc) is 1.73. The summed E-state index contributed by atoms with van der Waals surface area (Å²) < 4.78 is 100. The lowest BCUT2D eigenvalue weighted by Crippen LogP contribution is -1.89. The molecule has 0 aliphatic rings. The standard InChI is InChI=1S/H2O4S.3H2O3S/c1-5(2,3)4;3*1-4(2)3/h(H2,1,2,3,4);3*(H2,1,2,3). The zero-order valence-corrected chi connectivity index (χ0v) is 10.5. The summed E-state index contributed by atoms with van der Waals surface area (Å²) in [6.45, 7) is 0. The molecule has 0 radical (unpaired) electrons. The van der Waals surface area contributed by atoms with E-state index in [2.05, 4.69) is 0 Å². The van der Waals surface area contributed by atoms with Crippen molar-refractivity contribution >= 4 is 44.5 Å². The van der Waals surface area contributed by atoms with Crippen LogP contribution in [0.4, 0.5) is 0 Å². The normalized spacial score (nSPS) is 9.59. The van der Waals surface area contributed by atoms with Crippen LogP contribution in [-0.2, 0) is 44.5 Å². The van der Waals surface area contributed by atoms with Crippen LogP contribution in [-0.4, -0.2) is 57.5 Å². The maximum Gasteiger partial charge on any atom is 0.394 e. The van der Waals surface area contributed by atoms with E-state index in [9.17, 15) is 0 Å². The summed E-state index contributed by atoms with van der Waals surface area (Å²) in [6.07, 6.45) is 0. The monoisotopic (exact) mass is 344 g/mol. The van der Waals surface area contributed by atoms with Gasteiger partial charge in [0.05, 0.1) is 0 Å². The first-order chi connectivity index (χ1) is 7.20. The Hall–Kier alpha value is 0.0800. The first kappa shape index (κ1) is 25.8. The van der Waals surface area contributed by atoms with Gasteiger partial charge in [-0.05, 0) is 0 Å². The SMILES string of the molecule is O=S(=O)(O)O.O=S(O)O.O=S(O)O.O=S(O)O. The van der Waals surface area contributed by atoms with Crippen LogP contribution in [0, 0.1) is 0 Å². The van der Waals surface area contributed by atoms with Crippen molar-refractivity contribution < 1.29 is 57.5 Å². The van der Waals surface area contributed by atoms with Gasteiger partial charge in [-0.3, -0.25) is 36.4 Å². The molecule has 110 valence electrons. The molecule has 0 rings (SSSR count). The van der Waals surface area contributed by atoms with Crippen molar-refractivity contribution in [2.75, 3.05) is 0 Å². The minimum absolute atomic E-state index is 2.61. The van der Waals surface area contributed by atoms with Crippen LogP contribution in [0.3, 0.4) is 0 Å². The lowest BCUT2D eigenvalue weighted by Gasteiger charge is -1.68. The van der Waals surface area contributed by atoms with E-state index < -0.39 is 44.5 Å². The molecule has 17 heteroatoms. The third-order valence-corrected chi connectivity index (χ3v) is 0. The smallest absolute Gasteiger partial charge is 0.284 e. The zero-order chi connectivity index (χ0) is 15.2. The second-order valence-corrected chi connectivity index (χ2v) is 3.42. The maximum absolute atomic E-state index is 8.74. The summed E-state index contributed by atoms with van der Waals surface area (Å²) in [5.74, 6) is 0. The van der Waals surface area contributed by atoms with Crippen LogP contribution in [0.2, 0.25) is 0 Å². The minimum Gasteiger partial charge on any atom is -0.284 e. The first-order valence-electron chi connectivity index (χ1n) is 2.29. The summed E-state index contributed by atoms with van der Waals surface area (Å²) in [6, 6.07) is 0. The third-order valence-electron chi connectivity index (χ3n) is 0. The van der Waals surface area contributed by atoms with Gasteiger partial charge in [0.1, 0.15) is 0 Å². The largest absolute Gasteiger partial charge is 0.394 e. The van der Waals surface area contributed by atoms with Gasteiger partial charge in [0, 0.05) is 0 Å². The molecule has 0 bridgehead atoms. The molecule has 0 unspecified atom stereocenters. The van der Waals surface area contributed by atoms with Gasteiger partial charge in [0.25, 0.3) is 34.1 Å². The molecule has 0 amide bonds. The fourth-order valence-corrected chi connectivity index (χ4v) is 0. The van der Waals surface area contributed by atoms with Crippen molar-refractivity contribution in [1.29, 1.82) is 0 Å². The van der Waals surface area contributed by atoms with Gasteiger partial charge in [-0.2, -0.15) is 21.0 Å².